The number of benzene rings is 1. The lowest BCUT2D eigenvalue weighted by molar-refractivity contribution is -0.138. The van der Waals surface area contributed by atoms with Crippen molar-refractivity contribution in [3.8, 4) is 0 Å². The minimum Gasteiger partial charge on any atom is -0.458 e. The predicted molar refractivity (Wildman–Crippen MR) is 111 cm³/mol. The highest BCUT2D eigenvalue weighted by molar-refractivity contribution is 5.88. The smallest absolute Gasteiger partial charge is 0.416 e. The lowest BCUT2D eigenvalue weighted by atomic mass is 9.87. The van der Waals surface area contributed by atoms with Crippen LogP contribution in [0.4, 0.5) is 18.9 Å². The summed E-state index contributed by atoms with van der Waals surface area (Å²) in [6.45, 7) is 3.29. The number of nitrogen functional groups attached to an aromatic ring is 1. The number of halogens is 3. The fourth-order valence-corrected chi connectivity index (χ4v) is 4.11. The number of alkyl halides is 3. The highest BCUT2D eigenvalue weighted by atomic mass is 19.4. The standard InChI is InChI=1S/C22H25F3N4O3/c1-13(31)18(15-3-2-4-16(10-15)22(23,24)25)21-19(26)20(28-11-29-21)17(32-12-30)9-14-5-7-27-8-6-14/h2-4,10-12,14,17-18,27H,5-9,26H2,1H3. The lowest BCUT2D eigenvalue weighted by Gasteiger charge is -2.27. The van der Waals surface area contributed by atoms with E-state index in [1.54, 1.807) is 0 Å². The number of aromatic nitrogens is 2. The number of rotatable bonds is 8. The van der Waals surface area contributed by atoms with E-state index in [4.69, 9.17) is 10.5 Å². The fourth-order valence-electron chi connectivity index (χ4n) is 4.11. The molecule has 32 heavy (non-hydrogen) atoms. The van der Waals surface area contributed by atoms with Gasteiger partial charge in [-0.3, -0.25) is 9.59 Å². The van der Waals surface area contributed by atoms with Gasteiger partial charge in [0.2, 0.25) is 0 Å². The summed E-state index contributed by atoms with van der Waals surface area (Å²) in [5, 5.41) is 3.26. The maximum absolute atomic E-state index is 13.2. The predicted octanol–water partition coefficient (Wildman–Crippen LogP) is 3.40. The summed E-state index contributed by atoms with van der Waals surface area (Å²) >= 11 is 0. The van der Waals surface area contributed by atoms with Crippen LogP contribution in [-0.2, 0) is 20.5 Å². The molecule has 0 radical (unpaired) electrons. The molecule has 1 fully saturated rings. The van der Waals surface area contributed by atoms with Gasteiger partial charge in [-0.2, -0.15) is 13.2 Å². The third-order valence-electron chi connectivity index (χ3n) is 5.70. The van der Waals surface area contributed by atoms with E-state index in [9.17, 15) is 22.8 Å². The van der Waals surface area contributed by atoms with E-state index in [0.717, 1.165) is 38.1 Å². The largest absolute Gasteiger partial charge is 0.458 e. The molecule has 1 aliphatic rings. The van der Waals surface area contributed by atoms with Crippen LogP contribution in [0.5, 0.6) is 0 Å². The minimum atomic E-state index is -4.56. The lowest BCUT2D eigenvalue weighted by Crippen LogP contribution is -2.29. The van der Waals surface area contributed by atoms with Crippen LogP contribution < -0.4 is 11.1 Å². The Morgan fingerprint density at radius 1 is 1.28 bits per heavy atom. The first-order valence-corrected chi connectivity index (χ1v) is 10.3. The summed E-state index contributed by atoms with van der Waals surface area (Å²) < 4.78 is 44.9. The molecule has 1 aromatic carbocycles. The van der Waals surface area contributed by atoms with E-state index < -0.39 is 29.5 Å². The van der Waals surface area contributed by atoms with Gasteiger partial charge < -0.3 is 15.8 Å². The number of hydrogen-bond donors (Lipinski definition) is 2. The molecule has 2 unspecified atom stereocenters. The number of ketones is 1. The average molecular weight is 450 g/mol. The van der Waals surface area contributed by atoms with Crippen molar-refractivity contribution in [3.05, 3.63) is 53.1 Å². The van der Waals surface area contributed by atoms with Crippen LogP contribution in [0.2, 0.25) is 0 Å². The number of carbonyl (C=O) groups excluding carboxylic acids is 2. The molecule has 172 valence electrons. The summed E-state index contributed by atoms with van der Waals surface area (Å²) in [5.74, 6) is -1.26. The van der Waals surface area contributed by atoms with Gasteiger partial charge in [0.15, 0.2) is 0 Å². The minimum absolute atomic E-state index is 0.0332. The van der Waals surface area contributed by atoms with Crippen LogP contribution in [0.3, 0.4) is 0 Å². The molecule has 0 bridgehead atoms. The van der Waals surface area contributed by atoms with Gasteiger partial charge in [-0.15, -0.1) is 0 Å². The fraction of sp³-hybridized carbons (Fsp3) is 0.455. The number of nitrogens with zero attached hydrogens (tertiary/aromatic N) is 2. The first-order valence-electron chi connectivity index (χ1n) is 10.3. The van der Waals surface area contributed by atoms with Gasteiger partial charge in [0, 0.05) is 0 Å². The first-order chi connectivity index (χ1) is 15.2. The summed E-state index contributed by atoms with van der Waals surface area (Å²) in [6.07, 6.45) is -1.82. The second-order valence-electron chi connectivity index (χ2n) is 7.87. The van der Waals surface area contributed by atoms with E-state index >= 15 is 0 Å². The quantitative estimate of drug-likeness (QED) is 0.594. The molecular formula is C22H25F3N4O3. The molecule has 0 amide bonds. The van der Waals surface area contributed by atoms with Gasteiger partial charge in [-0.25, -0.2) is 9.97 Å². The Balaban J connectivity index is 2.00. The van der Waals surface area contributed by atoms with E-state index in [1.807, 2.05) is 0 Å². The van der Waals surface area contributed by atoms with Crippen molar-refractivity contribution in [3.63, 3.8) is 0 Å². The van der Waals surface area contributed by atoms with Gasteiger partial charge in [0.25, 0.3) is 6.47 Å². The van der Waals surface area contributed by atoms with Crippen LogP contribution in [-0.4, -0.2) is 35.3 Å². The number of hydrogen-bond acceptors (Lipinski definition) is 7. The third-order valence-corrected chi connectivity index (χ3v) is 5.70. The molecule has 1 aromatic heterocycles. The van der Waals surface area contributed by atoms with Gasteiger partial charge in [0.05, 0.1) is 22.9 Å². The molecule has 0 saturated carbocycles. The molecule has 0 spiro atoms. The van der Waals surface area contributed by atoms with Crippen LogP contribution in [0.15, 0.2) is 30.6 Å². The molecule has 1 aliphatic heterocycles. The van der Waals surface area contributed by atoms with Crippen LogP contribution >= 0.6 is 0 Å². The normalized spacial score (nSPS) is 16.9. The Morgan fingerprint density at radius 3 is 2.59 bits per heavy atom. The number of carbonyl (C=O) groups is 2. The zero-order chi connectivity index (χ0) is 23.3. The molecule has 2 heterocycles. The van der Waals surface area contributed by atoms with Crippen molar-refractivity contribution >= 4 is 17.9 Å². The SMILES string of the molecule is CC(=O)C(c1cccc(C(F)(F)F)c1)c1ncnc(C(CC2CCNCC2)OC=O)c1N. The van der Waals surface area contributed by atoms with Gasteiger partial charge in [-0.05, 0) is 56.8 Å². The molecule has 10 heteroatoms. The van der Waals surface area contributed by atoms with Crippen LogP contribution in [0.25, 0.3) is 0 Å². The molecule has 2 aromatic rings. The average Bonchev–Trinajstić information content (AvgIpc) is 2.75. The molecule has 3 N–H and O–H groups in total. The van der Waals surface area contributed by atoms with Crippen molar-refractivity contribution in [2.45, 2.75) is 44.4 Å². The highest BCUT2D eigenvalue weighted by Gasteiger charge is 2.33. The van der Waals surface area contributed by atoms with Crippen LogP contribution in [0.1, 0.15) is 60.7 Å². The summed E-state index contributed by atoms with van der Waals surface area (Å²) in [6, 6.07) is 4.52. The summed E-state index contributed by atoms with van der Waals surface area (Å²) in [4.78, 5) is 31.9. The number of piperidine rings is 1. The third kappa shape index (κ3) is 5.42. The number of nitrogens with one attached hydrogen (secondary N) is 1. The second-order valence-corrected chi connectivity index (χ2v) is 7.87. The van der Waals surface area contributed by atoms with E-state index in [2.05, 4.69) is 15.3 Å². The van der Waals surface area contributed by atoms with E-state index in [1.165, 1.54) is 25.4 Å². The summed E-state index contributed by atoms with van der Waals surface area (Å²) in [5.41, 5.74) is 5.93. The molecular weight excluding hydrogens is 425 g/mol. The van der Waals surface area contributed by atoms with Gasteiger partial charge >= 0.3 is 6.18 Å². The van der Waals surface area contributed by atoms with E-state index in [-0.39, 0.29) is 28.6 Å². The summed E-state index contributed by atoms with van der Waals surface area (Å²) in [7, 11) is 0. The Labute approximate surface area is 183 Å². The Hall–Kier alpha value is -3.01. The van der Waals surface area contributed by atoms with E-state index in [0.29, 0.717) is 12.9 Å². The molecule has 1 saturated heterocycles. The number of anilines is 1. The van der Waals surface area contributed by atoms with Crippen molar-refractivity contribution in [1.29, 1.82) is 0 Å². The molecule has 3 rings (SSSR count). The maximum Gasteiger partial charge on any atom is 0.416 e. The molecule has 7 nitrogen and oxygen atoms in total. The highest BCUT2D eigenvalue weighted by Crippen LogP contribution is 2.37. The van der Waals surface area contributed by atoms with Crippen molar-refractivity contribution in [2.75, 3.05) is 18.8 Å². The Morgan fingerprint density at radius 2 is 1.97 bits per heavy atom. The van der Waals surface area contributed by atoms with Crippen molar-refractivity contribution in [2.24, 2.45) is 5.92 Å². The topological polar surface area (TPSA) is 107 Å². The number of nitrogens with two attached hydrogens (primary N) is 1. The van der Waals surface area contributed by atoms with Crippen LogP contribution in [0, 0.1) is 5.92 Å². The first kappa shape index (κ1) is 23.6. The zero-order valence-electron chi connectivity index (χ0n) is 17.6. The monoisotopic (exact) mass is 450 g/mol. The Kier molecular flexibility index (Phi) is 7.44. The maximum atomic E-state index is 13.2. The van der Waals surface area contributed by atoms with Gasteiger partial charge in [0.1, 0.15) is 23.9 Å². The number of Topliss-reactive ketones (excluding diaryl/α,β-unsaturated/α-hetero) is 1. The Bertz CT molecular complexity index is 962. The second kappa shape index (κ2) is 10.1. The molecule has 0 aliphatic carbocycles. The zero-order valence-corrected chi connectivity index (χ0v) is 17.6. The molecule has 2 atom stereocenters. The van der Waals surface area contributed by atoms with Crippen molar-refractivity contribution < 1.29 is 27.5 Å². The van der Waals surface area contributed by atoms with Crippen molar-refractivity contribution in [1.82, 2.24) is 15.3 Å². The number of ether oxygens (including phenoxy) is 1. The van der Waals surface area contributed by atoms with Gasteiger partial charge in [-0.1, -0.05) is 18.2 Å².